The van der Waals surface area contributed by atoms with Crippen LogP contribution in [0.2, 0.25) is 0 Å². The lowest BCUT2D eigenvalue weighted by molar-refractivity contribution is -0.131. The van der Waals surface area contributed by atoms with Gasteiger partial charge in [0.25, 0.3) is 5.56 Å². The smallest absolute Gasteiger partial charge is 0.328 e. The number of aromatic nitrogens is 2. The number of amides is 2. The van der Waals surface area contributed by atoms with Gasteiger partial charge in [0, 0.05) is 30.4 Å². The highest BCUT2D eigenvalue weighted by atomic mass is 16.2. The predicted molar refractivity (Wildman–Crippen MR) is 99.4 cm³/mol. The Morgan fingerprint density at radius 2 is 2.07 bits per heavy atom. The van der Waals surface area contributed by atoms with Gasteiger partial charge in [-0.2, -0.15) is 0 Å². The minimum Gasteiger partial charge on any atom is -0.366 e. The van der Waals surface area contributed by atoms with E-state index < -0.39 is 17.2 Å². The molecular formula is C19H22N4O4. The van der Waals surface area contributed by atoms with Crippen molar-refractivity contribution in [2.45, 2.75) is 26.3 Å². The highest BCUT2D eigenvalue weighted by Crippen LogP contribution is 2.21. The molecule has 8 nitrogen and oxygen atoms in total. The molecule has 8 heteroatoms. The molecule has 1 fully saturated rings. The molecule has 27 heavy (non-hydrogen) atoms. The number of aromatic amines is 1. The lowest BCUT2D eigenvalue weighted by Gasteiger charge is -2.17. The molecule has 0 unspecified atom stereocenters. The maximum absolute atomic E-state index is 12.5. The number of carbonyl (C=O) groups is 2. The summed E-state index contributed by atoms with van der Waals surface area (Å²) in [5, 5.41) is 0. The summed E-state index contributed by atoms with van der Waals surface area (Å²) in [6, 6.07) is 7.22. The Morgan fingerprint density at radius 3 is 2.81 bits per heavy atom. The van der Waals surface area contributed by atoms with E-state index in [1.807, 2.05) is 6.07 Å². The van der Waals surface area contributed by atoms with Crippen molar-refractivity contribution in [1.29, 1.82) is 0 Å². The Bertz CT molecular complexity index is 992. The van der Waals surface area contributed by atoms with Gasteiger partial charge in [-0.05, 0) is 43.4 Å². The number of nitrogens with zero attached hydrogens (tertiary/aromatic N) is 2. The van der Waals surface area contributed by atoms with Crippen molar-refractivity contribution in [2.75, 3.05) is 13.1 Å². The second kappa shape index (κ2) is 7.61. The van der Waals surface area contributed by atoms with Gasteiger partial charge in [-0.25, -0.2) is 4.79 Å². The number of H-pyrrole nitrogens is 1. The molecule has 1 aliphatic heterocycles. The van der Waals surface area contributed by atoms with Crippen LogP contribution in [0, 0.1) is 12.8 Å². The molecular weight excluding hydrogens is 348 g/mol. The lowest BCUT2D eigenvalue weighted by Crippen LogP contribution is -2.38. The first-order valence-corrected chi connectivity index (χ1v) is 8.80. The third-order valence-corrected chi connectivity index (χ3v) is 4.87. The molecule has 3 rings (SSSR count). The zero-order valence-electron chi connectivity index (χ0n) is 15.1. The summed E-state index contributed by atoms with van der Waals surface area (Å²) in [6.45, 7) is 2.71. The van der Waals surface area contributed by atoms with Crippen LogP contribution in [0.1, 0.15) is 27.9 Å². The second-order valence-corrected chi connectivity index (χ2v) is 6.96. The molecule has 2 aromatic rings. The minimum atomic E-state index is -0.585. The Kier molecular flexibility index (Phi) is 5.25. The summed E-state index contributed by atoms with van der Waals surface area (Å²) in [5.74, 6) is -0.329. The summed E-state index contributed by atoms with van der Waals surface area (Å²) in [6.07, 6.45) is 3.01. The number of rotatable bonds is 5. The normalized spacial score (nSPS) is 16.5. The van der Waals surface area contributed by atoms with Gasteiger partial charge in [0.05, 0.1) is 0 Å². The minimum absolute atomic E-state index is 0.0969. The van der Waals surface area contributed by atoms with E-state index in [1.54, 1.807) is 30.0 Å². The highest BCUT2D eigenvalue weighted by Gasteiger charge is 2.26. The molecule has 0 bridgehead atoms. The van der Waals surface area contributed by atoms with Gasteiger partial charge in [-0.3, -0.25) is 23.9 Å². The molecule has 1 aliphatic rings. The van der Waals surface area contributed by atoms with E-state index >= 15 is 0 Å². The van der Waals surface area contributed by atoms with Gasteiger partial charge in [0.15, 0.2) is 0 Å². The van der Waals surface area contributed by atoms with Gasteiger partial charge in [-0.1, -0.05) is 12.1 Å². The van der Waals surface area contributed by atoms with Gasteiger partial charge in [-0.15, -0.1) is 0 Å². The van der Waals surface area contributed by atoms with E-state index in [0.29, 0.717) is 24.2 Å². The van der Waals surface area contributed by atoms with Crippen LogP contribution in [0.4, 0.5) is 0 Å². The van der Waals surface area contributed by atoms with Crippen molar-refractivity contribution >= 4 is 11.8 Å². The van der Waals surface area contributed by atoms with Crippen LogP contribution < -0.4 is 17.0 Å². The van der Waals surface area contributed by atoms with E-state index in [4.69, 9.17) is 5.73 Å². The number of benzene rings is 1. The number of hydrogen-bond acceptors (Lipinski definition) is 4. The number of hydrogen-bond donors (Lipinski definition) is 2. The fraction of sp³-hybridized carbons (Fsp3) is 0.368. The second-order valence-electron chi connectivity index (χ2n) is 6.96. The van der Waals surface area contributed by atoms with Crippen LogP contribution in [-0.2, 0) is 17.8 Å². The molecule has 1 saturated heterocycles. The number of carbonyl (C=O) groups excluding carboxylic acids is 2. The molecule has 0 radical (unpaired) electrons. The first-order chi connectivity index (χ1) is 12.8. The SMILES string of the molecule is Cc1cn(CC(=O)N2CC[C@@H](Cc3cccc(C(N)=O)c3)C2)c(=O)[nH]c1=O. The van der Waals surface area contributed by atoms with Crippen molar-refractivity contribution in [3.63, 3.8) is 0 Å². The molecule has 2 heterocycles. The van der Waals surface area contributed by atoms with Gasteiger partial charge < -0.3 is 10.6 Å². The molecule has 2 amide bonds. The van der Waals surface area contributed by atoms with Crippen LogP contribution in [0.3, 0.4) is 0 Å². The molecule has 0 spiro atoms. The highest BCUT2D eigenvalue weighted by molar-refractivity contribution is 5.92. The topological polar surface area (TPSA) is 118 Å². The van der Waals surface area contributed by atoms with Crippen LogP contribution in [0.25, 0.3) is 0 Å². The summed E-state index contributed by atoms with van der Waals surface area (Å²) < 4.78 is 1.22. The number of nitrogens with one attached hydrogen (secondary N) is 1. The Morgan fingerprint density at radius 1 is 1.30 bits per heavy atom. The van der Waals surface area contributed by atoms with Gasteiger partial charge in [0.1, 0.15) is 6.54 Å². The van der Waals surface area contributed by atoms with E-state index in [9.17, 15) is 19.2 Å². The zero-order chi connectivity index (χ0) is 19.6. The standard InChI is InChI=1S/C19H22N4O4/c1-12-9-23(19(27)21-18(12)26)11-16(24)22-6-5-14(10-22)7-13-3-2-4-15(8-13)17(20)25/h2-4,8-9,14H,5-7,10-11H2,1H3,(H2,20,25)(H,21,26,27)/t14-/m0/s1. The number of nitrogens with two attached hydrogens (primary N) is 1. The third-order valence-electron chi connectivity index (χ3n) is 4.87. The molecule has 1 aromatic carbocycles. The van der Waals surface area contributed by atoms with Crippen LogP contribution in [0.5, 0.6) is 0 Å². The Hall–Kier alpha value is -3.16. The lowest BCUT2D eigenvalue weighted by atomic mass is 9.97. The summed E-state index contributed by atoms with van der Waals surface area (Å²) >= 11 is 0. The van der Waals surface area contributed by atoms with Crippen LogP contribution in [-0.4, -0.2) is 39.4 Å². The average Bonchev–Trinajstić information content (AvgIpc) is 3.08. The van der Waals surface area contributed by atoms with Crippen molar-refractivity contribution < 1.29 is 9.59 Å². The first kappa shape index (κ1) is 18.6. The van der Waals surface area contributed by atoms with Crippen molar-refractivity contribution in [3.8, 4) is 0 Å². The van der Waals surface area contributed by atoms with Crippen molar-refractivity contribution in [2.24, 2.45) is 11.7 Å². The predicted octanol–water partition coefficient (Wildman–Crippen LogP) is 0.0351. The molecule has 142 valence electrons. The molecule has 0 saturated carbocycles. The maximum Gasteiger partial charge on any atom is 0.328 e. The maximum atomic E-state index is 12.5. The number of aryl methyl sites for hydroxylation is 1. The summed E-state index contributed by atoms with van der Waals surface area (Å²) in [7, 11) is 0. The van der Waals surface area contributed by atoms with E-state index in [2.05, 4.69) is 4.98 Å². The third kappa shape index (κ3) is 4.33. The first-order valence-electron chi connectivity index (χ1n) is 8.80. The fourth-order valence-electron chi connectivity index (χ4n) is 3.39. The van der Waals surface area contributed by atoms with Crippen LogP contribution in [0.15, 0.2) is 40.1 Å². The number of likely N-dealkylation sites (tertiary alicyclic amines) is 1. The molecule has 3 N–H and O–H groups in total. The van der Waals surface area contributed by atoms with E-state index in [-0.39, 0.29) is 18.4 Å². The van der Waals surface area contributed by atoms with Gasteiger partial charge >= 0.3 is 5.69 Å². The molecule has 1 atom stereocenters. The Balaban J connectivity index is 1.62. The van der Waals surface area contributed by atoms with Crippen molar-refractivity contribution in [1.82, 2.24) is 14.5 Å². The van der Waals surface area contributed by atoms with Gasteiger partial charge in [0.2, 0.25) is 11.8 Å². The molecule has 0 aliphatic carbocycles. The summed E-state index contributed by atoms with van der Waals surface area (Å²) in [4.78, 5) is 51.0. The summed E-state index contributed by atoms with van der Waals surface area (Å²) in [5.41, 5.74) is 6.16. The largest absolute Gasteiger partial charge is 0.366 e. The average molecular weight is 370 g/mol. The van der Waals surface area contributed by atoms with Crippen LogP contribution >= 0.6 is 0 Å². The molecule has 1 aromatic heterocycles. The van der Waals surface area contributed by atoms with E-state index in [1.165, 1.54) is 10.8 Å². The zero-order valence-corrected chi connectivity index (χ0v) is 15.1. The number of primary amides is 1. The monoisotopic (exact) mass is 370 g/mol. The van der Waals surface area contributed by atoms with E-state index in [0.717, 1.165) is 18.4 Å². The quantitative estimate of drug-likeness (QED) is 0.772. The Labute approximate surface area is 155 Å². The fourth-order valence-corrected chi connectivity index (χ4v) is 3.39. The van der Waals surface area contributed by atoms with Crippen molar-refractivity contribution in [3.05, 3.63) is 68.0 Å².